The number of anilines is 1. The van der Waals surface area contributed by atoms with Gasteiger partial charge in [0.1, 0.15) is 5.70 Å². The van der Waals surface area contributed by atoms with Crippen molar-refractivity contribution in [3.63, 3.8) is 0 Å². The van der Waals surface area contributed by atoms with E-state index in [9.17, 15) is 26.4 Å². The van der Waals surface area contributed by atoms with Crippen LogP contribution in [0.2, 0.25) is 0 Å². The minimum absolute atomic E-state index is 0.0108. The lowest BCUT2D eigenvalue weighted by atomic mass is 10.2. The van der Waals surface area contributed by atoms with Gasteiger partial charge in [0.2, 0.25) is 19.7 Å². The highest BCUT2D eigenvalue weighted by Crippen LogP contribution is 2.33. The third-order valence-corrected chi connectivity index (χ3v) is 8.67. The summed E-state index contributed by atoms with van der Waals surface area (Å²) in [5, 5.41) is 2.56. The number of nitrogens with one attached hydrogen (secondary N) is 1. The van der Waals surface area contributed by atoms with Crippen LogP contribution in [0.25, 0.3) is 0 Å². The number of methoxy groups -OCH3 is 2. The van der Waals surface area contributed by atoms with Crippen LogP contribution in [0, 0.1) is 6.92 Å². The molecule has 0 radical (unpaired) electrons. The van der Waals surface area contributed by atoms with Gasteiger partial charge in [-0.25, -0.2) is 26.4 Å². The Morgan fingerprint density at radius 2 is 1.33 bits per heavy atom. The molecule has 0 bridgehead atoms. The van der Waals surface area contributed by atoms with Crippen LogP contribution in [0.1, 0.15) is 5.56 Å². The Morgan fingerprint density at radius 3 is 1.92 bits per heavy atom. The molecule has 0 saturated heterocycles. The molecule has 0 aromatic heterocycles. The topological polar surface area (TPSA) is 133 Å². The first-order chi connectivity index (χ1) is 17.0. The summed E-state index contributed by atoms with van der Waals surface area (Å²) in [4.78, 5) is 23.5. The van der Waals surface area contributed by atoms with Gasteiger partial charge in [-0.05, 0) is 49.4 Å². The molecule has 0 aliphatic heterocycles. The first-order valence-corrected chi connectivity index (χ1v) is 13.4. The molecular weight excluding hydrogens is 506 g/mol. The molecule has 0 unspecified atom stereocenters. The molecule has 36 heavy (non-hydrogen) atoms. The largest absolute Gasteiger partial charge is 0.466 e. The second kappa shape index (κ2) is 10.8. The average Bonchev–Trinajstić information content (AvgIpc) is 2.88. The van der Waals surface area contributed by atoms with Crippen molar-refractivity contribution < 1.29 is 35.9 Å². The number of sulfone groups is 2. The lowest BCUT2D eigenvalue weighted by Crippen LogP contribution is -2.17. The molecule has 0 spiro atoms. The van der Waals surface area contributed by atoms with Gasteiger partial charge in [0.25, 0.3) is 0 Å². The van der Waals surface area contributed by atoms with Crippen molar-refractivity contribution in [2.75, 3.05) is 19.5 Å². The number of esters is 2. The van der Waals surface area contributed by atoms with E-state index in [2.05, 4.69) is 14.8 Å². The van der Waals surface area contributed by atoms with Gasteiger partial charge < -0.3 is 14.8 Å². The number of benzene rings is 3. The van der Waals surface area contributed by atoms with Crippen molar-refractivity contribution in [1.29, 1.82) is 0 Å². The maximum absolute atomic E-state index is 13.5. The average molecular weight is 530 g/mol. The highest BCUT2D eigenvalue weighted by molar-refractivity contribution is 7.92. The fourth-order valence-electron chi connectivity index (χ4n) is 3.17. The SMILES string of the molecule is COC(=O)/C=C(/Nc1cc(S(=O)(=O)c2ccccc2)ccc1S(=O)(=O)c1ccc(C)cc1)C(=O)OC. The molecule has 0 heterocycles. The van der Waals surface area contributed by atoms with Crippen LogP contribution in [0.3, 0.4) is 0 Å². The Bertz CT molecular complexity index is 1530. The van der Waals surface area contributed by atoms with Crippen LogP contribution < -0.4 is 5.32 Å². The van der Waals surface area contributed by atoms with E-state index in [1.165, 1.54) is 24.3 Å². The van der Waals surface area contributed by atoms with Crippen LogP contribution in [-0.4, -0.2) is 43.0 Å². The molecule has 0 atom stereocenters. The van der Waals surface area contributed by atoms with E-state index >= 15 is 0 Å². The van der Waals surface area contributed by atoms with Crippen molar-refractivity contribution >= 4 is 37.3 Å². The minimum atomic E-state index is -4.18. The Hall–Kier alpha value is -3.96. The van der Waals surface area contributed by atoms with Crippen molar-refractivity contribution in [3.05, 3.63) is 90.1 Å². The minimum Gasteiger partial charge on any atom is -0.466 e. The van der Waals surface area contributed by atoms with Crippen molar-refractivity contribution in [2.45, 2.75) is 26.5 Å². The van der Waals surface area contributed by atoms with Crippen LogP contribution >= 0.6 is 0 Å². The summed E-state index contributed by atoms with van der Waals surface area (Å²) in [5.74, 6) is -1.92. The molecule has 0 aliphatic carbocycles. The third-order valence-electron chi connectivity index (χ3n) is 5.07. The lowest BCUT2D eigenvalue weighted by molar-refractivity contribution is -0.138. The van der Waals surface area contributed by atoms with Gasteiger partial charge in [0.15, 0.2) is 0 Å². The number of carbonyl (C=O) groups is 2. The van der Waals surface area contributed by atoms with Crippen molar-refractivity contribution in [2.24, 2.45) is 0 Å². The quantitative estimate of drug-likeness (QED) is 0.345. The maximum atomic E-state index is 13.5. The summed E-state index contributed by atoms with van der Waals surface area (Å²) < 4.78 is 62.6. The highest BCUT2D eigenvalue weighted by Gasteiger charge is 2.27. The standard InChI is InChI=1S/C25H23NO8S2/c1-17-9-11-19(12-10-17)36(31,32)23-14-13-20(35(29,30)18-7-5-4-6-8-18)15-21(23)26-22(25(28)34-3)16-24(27)33-2/h4-16,26H,1-3H3/b22-16+. The maximum Gasteiger partial charge on any atom is 0.354 e. The van der Waals surface area contributed by atoms with Crippen molar-refractivity contribution in [3.8, 4) is 0 Å². The van der Waals surface area contributed by atoms with Crippen LogP contribution in [0.4, 0.5) is 5.69 Å². The summed E-state index contributed by atoms with van der Waals surface area (Å²) in [6, 6.07) is 17.0. The van der Waals surface area contributed by atoms with Gasteiger partial charge in [-0.1, -0.05) is 35.9 Å². The van der Waals surface area contributed by atoms with Crippen LogP contribution in [-0.2, 0) is 38.7 Å². The number of rotatable bonds is 8. The molecule has 0 saturated carbocycles. The van der Waals surface area contributed by atoms with Gasteiger partial charge in [-0.3, -0.25) is 0 Å². The molecule has 0 fully saturated rings. The van der Waals surface area contributed by atoms with Crippen LogP contribution in [0.15, 0.2) is 104 Å². The van der Waals surface area contributed by atoms with Crippen LogP contribution in [0.5, 0.6) is 0 Å². The second-order valence-corrected chi connectivity index (χ2v) is 11.4. The lowest BCUT2D eigenvalue weighted by Gasteiger charge is -2.16. The summed E-state index contributed by atoms with van der Waals surface area (Å²) in [5.41, 5.74) is 0.123. The van der Waals surface area contributed by atoms with E-state index in [1.54, 1.807) is 37.3 Å². The van der Waals surface area contributed by atoms with E-state index in [1.807, 2.05) is 0 Å². The van der Waals surface area contributed by atoms with E-state index in [0.717, 1.165) is 44.1 Å². The molecular formula is C25H23NO8S2. The summed E-state index contributed by atoms with van der Waals surface area (Å²) in [6.45, 7) is 1.80. The number of hydrogen-bond acceptors (Lipinski definition) is 9. The van der Waals surface area contributed by atoms with E-state index in [4.69, 9.17) is 0 Å². The van der Waals surface area contributed by atoms with E-state index in [-0.39, 0.29) is 25.3 Å². The zero-order chi connectivity index (χ0) is 26.5. The molecule has 9 nitrogen and oxygen atoms in total. The first-order valence-electron chi connectivity index (χ1n) is 10.4. The predicted octanol–water partition coefficient (Wildman–Crippen LogP) is 3.30. The predicted molar refractivity (Wildman–Crippen MR) is 131 cm³/mol. The van der Waals surface area contributed by atoms with Gasteiger partial charge in [-0.2, -0.15) is 0 Å². The van der Waals surface area contributed by atoms with Gasteiger partial charge in [0, 0.05) is 0 Å². The number of carbonyl (C=O) groups excluding carboxylic acids is 2. The normalized spacial score (nSPS) is 12.0. The number of aryl methyl sites for hydroxylation is 1. The molecule has 188 valence electrons. The fourth-order valence-corrected chi connectivity index (χ4v) is 5.87. The molecule has 3 aromatic rings. The molecule has 3 aromatic carbocycles. The smallest absolute Gasteiger partial charge is 0.354 e. The summed E-state index contributed by atoms with van der Waals surface area (Å²) >= 11 is 0. The second-order valence-electron chi connectivity index (χ2n) is 7.49. The Morgan fingerprint density at radius 1 is 0.750 bits per heavy atom. The Kier molecular flexibility index (Phi) is 7.96. The monoisotopic (exact) mass is 529 g/mol. The zero-order valence-electron chi connectivity index (χ0n) is 19.6. The van der Waals surface area contributed by atoms with Gasteiger partial charge in [0.05, 0.1) is 45.6 Å². The first kappa shape index (κ1) is 26.6. The molecule has 11 heteroatoms. The molecule has 0 aliphatic rings. The van der Waals surface area contributed by atoms with E-state index < -0.39 is 37.3 Å². The Balaban J connectivity index is 2.25. The number of hydrogen-bond donors (Lipinski definition) is 1. The third kappa shape index (κ3) is 5.64. The van der Waals surface area contributed by atoms with E-state index in [0.29, 0.717) is 0 Å². The Labute approximate surface area is 209 Å². The fraction of sp³-hybridized carbons (Fsp3) is 0.120. The van der Waals surface area contributed by atoms with Gasteiger partial charge >= 0.3 is 11.9 Å². The summed E-state index contributed by atoms with van der Waals surface area (Å²) in [7, 11) is -6.07. The van der Waals surface area contributed by atoms with Crippen molar-refractivity contribution in [1.82, 2.24) is 0 Å². The number of ether oxygens (including phenoxy) is 2. The van der Waals surface area contributed by atoms with Gasteiger partial charge in [-0.15, -0.1) is 0 Å². The molecule has 3 rings (SSSR count). The highest BCUT2D eigenvalue weighted by atomic mass is 32.2. The molecule has 1 N–H and O–H groups in total. The zero-order valence-corrected chi connectivity index (χ0v) is 21.2. The molecule has 0 amide bonds. The summed E-state index contributed by atoms with van der Waals surface area (Å²) in [6.07, 6.45) is 0.770.